The first-order chi connectivity index (χ1) is 21.5. The van der Waals surface area contributed by atoms with Gasteiger partial charge in [-0.2, -0.15) is 0 Å². The first-order valence-electron chi connectivity index (χ1n) is 14.5. The molecule has 0 saturated carbocycles. The van der Waals surface area contributed by atoms with Crippen molar-refractivity contribution >= 4 is 77.2 Å². The summed E-state index contributed by atoms with van der Waals surface area (Å²) in [5.41, 5.74) is 7.35. The van der Waals surface area contributed by atoms with Crippen LogP contribution in [0.5, 0.6) is 0 Å². The van der Waals surface area contributed by atoms with E-state index in [9.17, 15) is 19.2 Å². The minimum atomic E-state index is -0.582. The summed E-state index contributed by atoms with van der Waals surface area (Å²) in [5.74, 6) is -1.55. The second-order valence-corrected chi connectivity index (χ2v) is 12.9. The van der Waals surface area contributed by atoms with E-state index in [-0.39, 0.29) is 17.3 Å². The van der Waals surface area contributed by atoms with Gasteiger partial charge in [0.05, 0.1) is 11.1 Å². The third-order valence-electron chi connectivity index (χ3n) is 7.35. The predicted molar refractivity (Wildman–Crippen MR) is 187 cm³/mol. The number of cyclic esters (lactones) is 2. The third kappa shape index (κ3) is 8.06. The van der Waals surface area contributed by atoms with Crippen molar-refractivity contribution in [1.29, 1.82) is 0 Å². The molecule has 0 bridgehead atoms. The van der Waals surface area contributed by atoms with Crippen LogP contribution >= 0.6 is 31.9 Å². The van der Waals surface area contributed by atoms with E-state index in [1.54, 1.807) is 36.4 Å². The van der Waals surface area contributed by atoms with E-state index < -0.39 is 11.9 Å². The Labute approximate surface area is 285 Å². The molecule has 244 valence electrons. The molecular formula is C34H38Br2N4O6. The Morgan fingerprint density at radius 1 is 0.652 bits per heavy atom. The molecule has 10 nitrogen and oxygen atoms in total. The molecule has 0 unspecified atom stereocenters. The topological polar surface area (TPSA) is 145 Å². The molecule has 4 N–H and O–H groups in total. The van der Waals surface area contributed by atoms with Gasteiger partial charge in [0, 0.05) is 37.4 Å². The maximum atomic E-state index is 12.7. The van der Waals surface area contributed by atoms with Gasteiger partial charge in [0.2, 0.25) is 0 Å². The summed E-state index contributed by atoms with van der Waals surface area (Å²) in [6, 6.07) is 18.0. The monoisotopic (exact) mass is 756 g/mol. The molecule has 6 rings (SSSR count). The molecule has 0 spiro atoms. The van der Waals surface area contributed by atoms with Crippen molar-refractivity contribution in [2.24, 2.45) is 5.73 Å². The normalized spacial score (nSPS) is 13.3. The Balaban J connectivity index is 0.000000210. The lowest BCUT2D eigenvalue weighted by molar-refractivity contribution is 0.0390. The van der Waals surface area contributed by atoms with Gasteiger partial charge in [-0.05, 0) is 108 Å². The quantitative estimate of drug-likeness (QED) is 0.155. The molecule has 2 aliphatic rings. The Morgan fingerprint density at radius 3 is 1.59 bits per heavy atom. The van der Waals surface area contributed by atoms with Crippen LogP contribution < -0.4 is 5.73 Å². The highest BCUT2D eigenvalue weighted by atomic mass is 79.9. The van der Waals surface area contributed by atoms with E-state index in [1.165, 1.54) is 4.90 Å². The van der Waals surface area contributed by atoms with E-state index in [2.05, 4.69) is 55.6 Å². The number of esters is 2. The Bertz CT molecular complexity index is 1730. The summed E-state index contributed by atoms with van der Waals surface area (Å²) < 4.78 is 6.40. The summed E-state index contributed by atoms with van der Waals surface area (Å²) in [4.78, 5) is 54.0. The number of carbonyl (C=O) groups excluding carboxylic acids is 4. The van der Waals surface area contributed by atoms with Crippen molar-refractivity contribution in [2.75, 3.05) is 54.4 Å². The zero-order valence-corrected chi connectivity index (χ0v) is 29.4. The number of benzene rings is 4. The van der Waals surface area contributed by atoms with Crippen molar-refractivity contribution in [3.8, 4) is 0 Å². The summed E-state index contributed by atoms with van der Waals surface area (Å²) in [6.07, 6.45) is 1.87. The second kappa shape index (κ2) is 16.3. The Kier molecular flexibility index (Phi) is 13.1. The highest BCUT2D eigenvalue weighted by Gasteiger charge is 2.32. The maximum absolute atomic E-state index is 12.7. The number of nitrogens with two attached hydrogens (primary N) is 1. The van der Waals surface area contributed by atoms with E-state index in [0.717, 1.165) is 57.6 Å². The number of ether oxygens (including phenoxy) is 1. The Morgan fingerprint density at radius 2 is 1.09 bits per heavy atom. The minimum Gasteiger partial charge on any atom is -0.412 e. The minimum absolute atomic E-state index is 0. The van der Waals surface area contributed by atoms with Crippen LogP contribution in [0, 0.1) is 0 Å². The average molecular weight is 759 g/mol. The van der Waals surface area contributed by atoms with Crippen LogP contribution in [0.1, 0.15) is 54.3 Å². The SMILES string of the molecule is CN(C)CCCN.CN(C)CCCN1C(=O)c2cccc3c(Br)ccc(c23)C1=O.O.O=C1OC(=O)c2ccc(Br)c3cccc1c23. The molecule has 46 heavy (non-hydrogen) atoms. The van der Waals surface area contributed by atoms with Crippen LogP contribution in [-0.4, -0.2) is 98.3 Å². The lowest BCUT2D eigenvalue weighted by Gasteiger charge is -2.27. The maximum Gasteiger partial charge on any atom is 0.346 e. The lowest BCUT2D eigenvalue weighted by Crippen LogP contribution is -2.41. The van der Waals surface area contributed by atoms with Crippen molar-refractivity contribution in [2.45, 2.75) is 12.8 Å². The largest absolute Gasteiger partial charge is 0.412 e. The molecule has 0 fully saturated rings. The molecular weight excluding hydrogens is 720 g/mol. The molecule has 4 aromatic carbocycles. The van der Waals surface area contributed by atoms with Crippen LogP contribution in [0.15, 0.2) is 69.6 Å². The molecule has 0 aliphatic carbocycles. The summed E-state index contributed by atoms with van der Waals surface area (Å²) in [7, 11) is 8.06. The number of amides is 2. The van der Waals surface area contributed by atoms with Crippen LogP contribution in [0.4, 0.5) is 0 Å². The smallest absolute Gasteiger partial charge is 0.346 e. The van der Waals surface area contributed by atoms with Crippen molar-refractivity contribution in [3.05, 3.63) is 91.9 Å². The number of hydrogen-bond donors (Lipinski definition) is 1. The van der Waals surface area contributed by atoms with E-state index >= 15 is 0 Å². The number of imide groups is 1. The lowest BCUT2D eigenvalue weighted by atomic mass is 9.94. The van der Waals surface area contributed by atoms with Gasteiger partial charge in [0.15, 0.2) is 0 Å². The fourth-order valence-electron chi connectivity index (χ4n) is 5.17. The summed E-state index contributed by atoms with van der Waals surface area (Å²) in [5, 5.41) is 3.18. The van der Waals surface area contributed by atoms with Gasteiger partial charge in [-0.15, -0.1) is 0 Å². The molecule has 12 heteroatoms. The third-order valence-corrected chi connectivity index (χ3v) is 8.73. The van der Waals surface area contributed by atoms with Gasteiger partial charge < -0.3 is 25.7 Å². The molecule has 4 aromatic rings. The number of carbonyl (C=O) groups is 4. The number of nitrogens with zero attached hydrogens (tertiary/aromatic N) is 3. The average Bonchev–Trinajstić information content (AvgIpc) is 3.01. The predicted octanol–water partition coefficient (Wildman–Crippen LogP) is 5.14. The highest BCUT2D eigenvalue weighted by molar-refractivity contribution is 9.11. The fraction of sp³-hybridized carbons (Fsp3) is 0.294. The summed E-state index contributed by atoms with van der Waals surface area (Å²) in [6.45, 7) is 3.20. The second-order valence-electron chi connectivity index (χ2n) is 11.2. The molecule has 0 saturated heterocycles. The van der Waals surface area contributed by atoms with Gasteiger partial charge >= 0.3 is 11.9 Å². The zero-order valence-electron chi connectivity index (χ0n) is 26.2. The van der Waals surface area contributed by atoms with Crippen LogP contribution in [0.3, 0.4) is 0 Å². The molecule has 0 radical (unpaired) electrons. The standard InChI is InChI=1S/C17H17BrN2O2.C12H5BrO3.C5H14N2.H2O/c1-19(2)9-4-10-20-16(21)12-6-3-5-11-14(18)8-7-13(15(11)12)17(20)22;13-9-5-4-8-10-6(9)2-1-3-7(10)11(14)16-12(8)15;1-7(2)5-3-4-6;/h3,5-8H,4,9-10H2,1-2H3;1-5H;3-6H2,1-2H3;1H2. The molecule has 0 aromatic heterocycles. The van der Waals surface area contributed by atoms with Gasteiger partial charge in [-0.3, -0.25) is 14.5 Å². The molecule has 2 amide bonds. The van der Waals surface area contributed by atoms with Gasteiger partial charge in [-0.25, -0.2) is 9.59 Å². The molecule has 0 atom stereocenters. The first kappa shape index (κ1) is 36.9. The van der Waals surface area contributed by atoms with Crippen LogP contribution in [-0.2, 0) is 4.74 Å². The Hall–Kier alpha value is -3.52. The van der Waals surface area contributed by atoms with E-state index in [1.807, 2.05) is 43.3 Å². The van der Waals surface area contributed by atoms with Crippen molar-refractivity contribution < 1.29 is 29.4 Å². The number of halogens is 2. The van der Waals surface area contributed by atoms with Gasteiger partial charge in [-0.1, -0.05) is 56.1 Å². The van der Waals surface area contributed by atoms with E-state index in [0.29, 0.717) is 34.2 Å². The fourth-order valence-corrected chi connectivity index (χ4v) is 6.10. The van der Waals surface area contributed by atoms with Gasteiger partial charge in [0.25, 0.3) is 11.8 Å². The zero-order chi connectivity index (χ0) is 32.8. The van der Waals surface area contributed by atoms with Crippen LogP contribution in [0.25, 0.3) is 21.5 Å². The number of rotatable bonds is 7. The van der Waals surface area contributed by atoms with Crippen molar-refractivity contribution in [3.63, 3.8) is 0 Å². The van der Waals surface area contributed by atoms with E-state index in [4.69, 9.17) is 5.73 Å². The van der Waals surface area contributed by atoms with Crippen molar-refractivity contribution in [1.82, 2.24) is 14.7 Å². The molecule has 2 aliphatic heterocycles. The molecule has 2 heterocycles. The first-order valence-corrected chi connectivity index (χ1v) is 16.1. The highest BCUT2D eigenvalue weighted by Crippen LogP contribution is 2.35. The number of hydrogen-bond acceptors (Lipinski definition) is 8. The van der Waals surface area contributed by atoms with Gasteiger partial charge in [0.1, 0.15) is 0 Å². The van der Waals surface area contributed by atoms with Crippen LogP contribution in [0.2, 0.25) is 0 Å². The summed E-state index contributed by atoms with van der Waals surface area (Å²) >= 11 is 6.88.